The summed E-state index contributed by atoms with van der Waals surface area (Å²) in [7, 11) is 0. The minimum absolute atomic E-state index is 0.0163. The number of carbonyl (C=O) groups is 2. The molecule has 1 N–H and O–H groups in total. The number of benzene rings is 2. The second kappa shape index (κ2) is 9.69. The zero-order chi connectivity index (χ0) is 18.9. The van der Waals surface area contributed by atoms with Crippen molar-refractivity contribution in [2.24, 2.45) is 0 Å². The number of piperazine rings is 1. The van der Waals surface area contributed by atoms with E-state index < -0.39 is 0 Å². The van der Waals surface area contributed by atoms with Crippen molar-refractivity contribution in [1.29, 1.82) is 0 Å². The summed E-state index contributed by atoms with van der Waals surface area (Å²) >= 11 is 0. The normalized spacial score (nSPS) is 15.0. The number of nitrogens with one attached hydrogen (secondary N) is 1. The Hall–Kier alpha value is -2.92. The molecule has 0 radical (unpaired) electrons. The topological polar surface area (TPSA) is 52.7 Å². The quantitative estimate of drug-likeness (QED) is 0.801. The maximum atomic E-state index is 12.3. The molecule has 0 unspecified atom stereocenters. The summed E-state index contributed by atoms with van der Waals surface area (Å²) in [6.07, 6.45) is 3.46. The van der Waals surface area contributed by atoms with Crippen molar-refractivity contribution >= 4 is 17.9 Å². The highest BCUT2D eigenvalue weighted by Gasteiger charge is 2.21. The highest BCUT2D eigenvalue weighted by Crippen LogP contribution is 2.06. The molecule has 5 nitrogen and oxygen atoms in total. The second-order valence-corrected chi connectivity index (χ2v) is 6.61. The van der Waals surface area contributed by atoms with Crippen molar-refractivity contribution in [2.75, 3.05) is 32.7 Å². The molecule has 1 saturated heterocycles. The molecule has 1 heterocycles. The average Bonchev–Trinajstić information content (AvgIpc) is 2.72. The van der Waals surface area contributed by atoms with Gasteiger partial charge in [-0.1, -0.05) is 60.7 Å². The third-order valence-corrected chi connectivity index (χ3v) is 4.60. The number of nitrogens with zero attached hydrogens (tertiary/aromatic N) is 2. The highest BCUT2D eigenvalue weighted by molar-refractivity contribution is 5.91. The van der Waals surface area contributed by atoms with Crippen LogP contribution in [0, 0.1) is 0 Å². The van der Waals surface area contributed by atoms with E-state index in [0.29, 0.717) is 39.3 Å². The molecular formula is C22H25N3O2. The molecule has 1 fully saturated rings. The Morgan fingerprint density at radius 2 is 1.52 bits per heavy atom. The number of carbonyl (C=O) groups excluding carboxylic acids is 2. The van der Waals surface area contributed by atoms with Crippen LogP contribution < -0.4 is 5.32 Å². The standard InChI is InChI=1S/C22H25N3O2/c26-21(23-17-20-9-5-2-6-10-20)18-24-13-15-25(16-14-24)22(27)12-11-19-7-3-1-4-8-19/h1-12H,13-18H2,(H,23,26)/b12-11+. The summed E-state index contributed by atoms with van der Waals surface area (Å²) in [5, 5.41) is 2.95. The van der Waals surface area contributed by atoms with Crippen molar-refractivity contribution in [3.05, 3.63) is 77.9 Å². The van der Waals surface area contributed by atoms with E-state index in [9.17, 15) is 9.59 Å². The van der Waals surface area contributed by atoms with Gasteiger partial charge in [0.1, 0.15) is 0 Å². The van der Waals surface area contributed by atoms with Crippen molar-refractivity contribution in [3.63, 3.8) is 0 Å². The summed E-state index contributed by atoms with van der Waals surface area (Å²) in [4.78, 5) is 28.3. The monoisotopic (exact) mass is 363 g/mol. The van der Waals surface area contributed by atoms with Crippen LogP contribution in [-0.2, 0) is 16.1 Å². The first-order chi connectivity index (χ1) is 13.2. The van der Waals surface area contributed by atoms with Crippen molar-refractivity contribution in [2.45, 2.75) is 6.54 Å². The number of hydrogen-bond acceptors (Lipinski definition) is 3. The van der Waals surface area contributed by atoms with Gasteiger partial charge in [-0.2, -0.15) is 0 Å². The van der Waals surface area contributed by atoms with Gasteiger partial charge in [0.15, 0.2) is 0 Å². The minimum atomic E-state index is 0.0163. The molecule has 0 atom stereocenters. The van der Waals surface area contributed by atoms with Crippen LogP contribution in [0.2, 0.25) is 0 Å². The SMILES string of the molecule is O=C(CN1CCN(C(=O)/C=C/c2ccccc2)CC1)NCc1ccccc1. The first-order valence-electron chi connectivity index (χ1n) is 9.26. The van der Waals surface area contributed by atoms with Crippen molar-refractivity contribution in [1.82, 2.24) is 15.1 Å². The summed E-state index contributed by atoms with van der Waals surface area (Å²) < 4.78 is 0. The van der Waals surface area contributed by atoms with Gasteiger partial charge in [-0.15, -0.1) is 0 Å². The summed E-state index contributed by atoms with van der Waals surface area (Å²) in [6, 6.07) is 19.7. The molecule has 140 valence electrons. The molecule has 2 aromatic carbocycles. The van der Waals surface area contributed by atoms with Gasteiger partial charge < -0.3 is 10.2 Å². The molecule has 1 aliphatic heterocycles. The summed E-state index contributed by atoms with van der Waals surface area (Å²) in [6.45, 7) is 3.62. The fraction of sp³-hybridized carbons (Fsp3) is 0.273. The van der Waals surface area contributed by atoms with Crippen molar-refractivity contribution < 1.29 is 9.59 Å². The fourth-order valence-electron chi connectivity index (χ4n) is 3.02. The molecule has 0 bridgehead atoms. The molecule has 0 aromatic heterocycles. The Kier molecular flexibility index (Phi) is 6.77. The predicted octanol–water partition coefficient (Wildman–Crippen LogP) is 2.16. The molecule has 1 aliphatic rings. The van der Waals surface area contributed by atoms with E-state index >= 15 is 0 Å². The van der Waals surface area contributed by atoms with E-state index in [1.165, 1.54) is 0 Å². The first kappa shape index (κ1) is 18.9. The first-order valence-corrected chi connectivity index (χ1v) is 9.26. The third-order valence-electron chi connectivity index (χ3n) is 4.60. The zero-order valence-corrected chi connectivity index (χ0v) is 15.4. The molecular weight excluding hydrogens is 338 g/mol. The molecule has 0 saturated carbocycles. The Balaban J connectivity index is 1.38. The third kappa shape index (κ3) is 6.08. The Morgan fingerprint density at radius 1 is 0.889 bits per heavy atom. The zero-order valence-electron chi connectivity index (χ0n) is 15.4. The van der Waals surface area contributed by atoms with Crippen LogP contribution in [0.3, 0.4) is 0 Å². The Bertz CT molecular complexity index is 767. The number of hydrogen-bond donors (Lipinski definition) is 1. The fourth-order valence-corrected chi connectivity index (χ4v) is 3.02. The highest BCUT2D eigenvalue weighted by atomic mass is 16.2. The van der Waals surface area contributed by atoms with Crippen LogP contribution in [-0.4, -0.2) is 54.3 Å². The van der Waals surface area contributed by atoms with Crippen LogP contribution in [0.1, 0.15) is 11.1 Å². The van der Waals surface area contributed by atoms with E-state index in [2.05, 4.69) is 10.2 Å². The van der Waals surface area contributed by atoms with E-state index in [1.807, 2.05) is 71.6 Å². The molecule has 5 heteroatoms. The van der Waals surface area contributed by atoms with Crippen LogP contribution in [0.25, 0.3) is 6.08 Å². The lowest BCUT2D eigenvalue weighted by Gasteiger charge is -2.33. The molecule has 0 spiro atoms. The predicted molar refractivity (Wildman–Crippen MR) is 107 cm³/mol. The van der Waals surface area contributed by atoms with Crippen LogP contribution in [0.4, 0.5) is 0 Å². The summed E-state index contributed by atoms with van der Waals surface area (Å²) in [5.41, 5.74) is 2.10. The van der Waals surface area contributed by atoms with Crippen molar-refractivity contribution in [3.8, 4) is 0 Å². The van der Waals surface area contributed by atoms with Crippen LogP contribution in [0.15, 0.2) is 66.7 Å². The molecule has 2 aromatic rings. The van der Waals surface area contributed by atoms with Crippen LogP contribution >= 0.6 is 0 Å². The van der Waals surface area contributed by atoms with Gasteiger partial charge in [-0.25, -0.2) is 0 Å². The lowest BCUT2D eigenvalue weighted by molar-refractivity contribution is -0.128. The number of amides is 2. The summed E-state index contributed by atoms with van der Waals surface area (Å²) in [5.74, 6) is 0.0367. The smallest absolute Gasteiger partial charge is 0.246 e. The van der Waals surface area contributed by atoms with Gasteiger partial charge in [-0.3, -0.25) is 14.5 Å². The average molecular weight is 363 g/mol. The molecule has 27 heavy (non-hydrogen) atoms. The minimum Gasteiger partial charge on any atom is -0.351 e. The lowest BCUT2D eigenvalue weighted by Crippen LogP contribution is -2.50. The lowest BCUT2D eigenvalue weighted by atomic mass is 10.2. The van der Waals surface area contributed by atoms with E-state index in [-0.39, 0.29) is 11.8 Å². The largest absolute Gasteiger partial charge is 0.351 e. The van der Waals surface area contributed by atoms with Gasteiger partial charge >= 0.3 is 0 Å². The Morgan fingerprint density at radius 3 is 2.19 bits per heavy atom. The molecule has 3 rings (SSSR count). The maximum absolute atomic E-state index is 12.3. The van der Waals surface area contributed by atoms with Gasteiger partial charge in [0.25, 0.3) is 0 Å². The number of rotatable bonds is 6. The van der Waals surface area contributed by atoms with Gasteiger partial charge in [0, 0.05) is 38.8 Å². The van der Waals surface area contributed by atoms with Gasteiger partial charge in [-0.05, 0) is 17.2 Å². The van der Waals surface area contributed by atoms with Gasteiger partial charge in [0.2, 0.25) is 11.8 Å². The molecule has 0 aliphatic carbocycles. The van der Waals surface area contributed by atoms with E-state index in [0.717, 1.165) is 11.1 Å². The van der Waals surface area contributed by atoms with Gasteiger partial charge in [0.05, 0.1) is 6.54 Å². The Labute approximate surface area is 160 Å². The second-order valence-electron chi connectivity index (χ2n) is 6.61. The maximum Gasteiger partial charge on any atom is 0.246 e. The van der Waals surface area contributed by atoms with E-state index in [4.69, 9.17) is 0 Å². The van der Waals surface area contributed by atoms with Crippen LogP contribution in [0.5, 0.6) is 0 Å². The molecule has 2 amide bonds. The van der Waals surface area contributed by atoms with E-state index in [1.54, 1.807) is 6.08 Å².